The summed E-state index contributed by atoms with van der Waals surface area (Å²) in [5.74, 6) is 0. The van der Waals surface area contributed by atoms with Gasteiger partial charge in [-0.2, -0.15) is 0 Å². The molecule has 1 heteroatoms. The van der Waals surface area contributed by atoms with Crippen LogP contribution in [0.3, 0.4) is 0 Å². The fraction of sp³-hybridized carbons (Fsp3) is 0.400. The van der Waals surface area contributed by atoms with Crippen molar-refractivity contribution in [2.45, 2.75) is 25.1 Å². The summed E-state index contributed by atoms with van der Waals surface area (Å²) in [5.41, 5.74) is 0. The van der Waals surface area contributed by atoms with Crippen LogP contribution in [0.2, 0.25) is 18.1 Å². The second kappa shape index (κ2) is 2.49. The highest BCUT2D eigenvalue weighted by atomic mass is 28.3. The monoisotopic (exact) mass is 162 g/mol. The summed E-state index contributed by atoms with van der Waals surface area (Å²) in [6, 6.07) is 15.6. The molecule has 0 aromatic heterocycles. The van der Waals surface area contributed by atoms with E-state index in [2.05, 4.69) is 37.3 Å². The van der Waals surface area contributed by atoms with Crippen LogP contribution in [-0.4, -0.2) is 8.07 Å². The van der Waals surface area contributed by atoms with Crippen LogP contribution in [0.25, 0.3) is 0 Å². The van der Waals surface area contributed by atoms with E-state index in [9.17, 15) is 0 Å². The van der Waals surface area contributed by atoms with Gasteiger partial charge in [0.25, 0.3) is 0 Å². The van der Waals surface area contributed by atoms with Crippen LogP contribution in [0.5, 0.6) is 0 Å². The zero-order chi connectivity index (χ0) is 7.73. The first-order valence-corrected chi connectivity index (χ1v) is 7.05. The lowest BCUT2D eigenvalue weighted by Crippen LogP contribution is -2.30. The van der Waals surface area contributed by atoms with Crippen LogP contribution in [0, 0.1) is 0 Å². The molecule has 0 atom stereocenters. The summed E-state index contributed by atoms with van der Waals surface area (Å²) < 4.78 is 0. The maximum Gasteiger partial charge on any atom is 0.0859 e. The molecule has 0 amide bonds. The van der Waals surface area contributed by atoms with Crippen molar-refractivity contribution in [1.82, 2.24) is 0 Å². The molecule has 1 aliphatic heterocycles. The summed E-state index contributed by atoms with van der Waals surface area (Å²) in [6.07, 6.45) is 0. The quantitative estimate of drug-likeness (QED) is 0.586. The third-order valence-corrected chi connectivity index (χ3v) is 7.54. The van der Waals surface area contributed by atoms with Crippen LogP contribution in [0.1, 0.15) is 6.92 Å². The summed E-state index contributed by atoms with van der Waals surface area (Å²) in [5, 5.41) is 1.68. The van der Waals surface area contributed by atoms with Gasteiger partial charge in [0, 0.05) is 0 Å². The third-order valence-electron chi connectivity index (χ3n) is 2.92. The van der Waals surface area contributed by atoms with Gasteiger partial charge in [0.1, 0.15) is 0 Å². The number of hydrogen-bond donors (Lipinski definition) is 0. The standard InChI is InChI=1S/C10H14Si/c1-2-11(8-9-11)10-6-4-3-5-7-10/h3-7H,2,8-9H2,1H3. The molecular formula is C10H14Si. The maximum atomic E-state index is 2.35. The van der Waals surface area contributed by atoms with Gasteiger partial charge in [0.2, 0.25) is 0 Å². The highest BCUT2D eigenvalue weighted by Gasteiger charge is 2.44. The minimum absolute atomic E-state index is 0.803. The molecule has 0 nitrogen and oxygen atoms in total. The van der Waals surface area contributed by atoms with Crippen LogP contribution in [0.4, 0.5) is 0 Å². The van der Waals surface area contributed by atoms with Crippen LogP contribution in [-0.2, 0) is 0 Å². The van der Waals surface area contributed by atoms with Gasteiger partial charge in [-0.15, -0.1) is 0 Å². The third kappa shape index (κ3) is 1.14. The molecule has 0 spiro atoms. The summed E-state index contributed by atoms with van der Waals surface area (Å²) in [6.45, 7) is 2.35. The molecule has 1 heterocycles. The van der Waals surface area contributed by atoms with Gasteiger partial charge in [-0.1, -0.05) is 60.6 Å². The van der Waals surface area contributed by atoms with Crippen molar-refractivity contribution in [2.75, 3.05) is 0 Å². The van der Waals surface area contributed by atoms with Crippen molar-refractivity contribution < 1.29 is 0 Å². The Balaban J connectivity index is 2.30. The van der Waals surface area contributed by atoms with E-state index in [0.717, 1.165) is 0 Å². The van der Waals surface area contributed by atoms with Crippen molar-refractivity contribution >= 4 is 13.3 Å². The van der Waals surface area contributed by atoms with Gasteiger partial charge in [-0.25, -0.2) is 0 Å². The molecule has 0 unspecified atom stereocenters. The van der Waals surface area contributed by atoms with Crippen LogP contribution >= 0.6 is 0 Å². The van der Waals surface area contributed by atoms with E-state index in [1.165, 1.54) is 18.1 Å². The van der Waals surface area contributed by atoms with E-state index in [4.69, 9.17) is 0 Å². The van der Waals surface area contributed by atoms with Crippen molar-refractivity contribution in [1.29, 1.82) is 0 Å². The largest absolute Gasteiger partial charge is 0.0859 e. The SMILES string of the molecule is CC[Si]1(c2ccccc2)CC1. The van der Waals surface area contributed by atoms with E-state index in [1.807, 2.05) is 0 Å². The second-order valence-corrected chi connectivity index (χ2v) is 8.35. The normalized spacial score (nSPS) is 19.7. The van der Waals surface area contributed by atoms with Crippen molar-refractivity contribution in [3.05, 3.63) is 30.3 Å². The van der Waals surface area contributed by atoms with Crippen molar-refractivity contribution in [3.8, 4) is 0 Å². The van der Waals surface area contributed by atoms with Crippen LogP contribution < -0.4 is 5.19 Å². The molecule has 0 N–H and O–H groups in total. The van der Waals surface area contributed by atoms with Gasteiger partial charge in [-0.05, 0) is 0 Å². The molecule has 2 rings (SSSR count). The predicted molar refractivity (Wildman–Crippen MR) is 51.9 cm³/mol. The Kier molecular flexibility index (Phi) is 1.61. The average Bonchev–Trinajstić information content (AvgIpc) is 2.86. The molecule has 11 heavy (non-hydrogen) atoms. The molecule has 1 aliphatic rings. The van der Waals surface area contributed by atoms with E-state index in [0.29, 0.717) is 0 Å². The lowest BCUT2D eigenvalue weighted by Gasteiger charge is -2.09. The first-order chi connectivity index (χ1) is 5.37. The minimum Gasteiger partial charge on any atom is -0.0675 e. The fourth-order valence-corrected chi connectivity index (χ4v) is 5.59. The smallest absolute Gasteiger partial charge is 0.0675 e. The van der Waals surface area contributed by atoms with Crippen molar-refractivity contribution in [3.63, 3.8) is 0 Å². The zero-order valence-electron chi connectivity index (χ0n) is 7.01. The molecule has 1 saturated heterocycles. The van der Waals surface area contributed by atoms with E-state index in [1.54, 1.807) is 5.19 Å². The van der Waals surface area contributed by atoms with Gasteiger partial charge in [0.15, 0.2) is 0 Å². The second-order valence-electron chi connectivity index (χ2n) is 3.50. The molecule has 1 aromatic carbocycles. The highest BCUT2D eigenvalue weighted by Crippen LogP contribution is 2.38. The fourth-order valence-electron chi connectivity index (χ4n) is 1.79. The Labute approximate surface area is 69.3 Å². The predicted octanol–water partition coefficient (Wildman–Crippen LogP) is 2.38. The number of benzene rings is 1. The molecule has 0 saturated carbocycles. The van der Waals surface area contributed by atoms with Gasteiger partial charge in [0.05, 0.1) is 8.07 Å². The Hall–Kier alpha value is -0.563. The molecule has 0 bridgehead atoms. The highest BCUT2D eigenvalue weighted by molar-refractivity contribution is 7.00. The van der Waals surface area contributed by atoms with E-state index in [-0.39, 0.29) is 0 Å². The summed E-state index contributed by atoms with van der Waals surface area (Å²) >= 11 is 0. The van der Waals surface area contributed by atoms with Gasteiger partial charge >= 0.3 is 0 Å². The Morgan fingerprint density at radius 2 is 1.82 bits per heavy atom. The first-order valence-electron chi connectivity index (χ1n) is 4.43. The van der Waals surface area contributed by atoms with Crippen molar-refractivity contribution in [2.24, 2.45) is 0 Å². The van der Waals surface area contributed by atoms with E-state index >= 15 is 0 Å². The minimum atomic E-state index is -0.803. The Morgan fingerprint density at radius 3 is 2.27 bits per heavy atom. The molecule has 0 aliphatic carbocycles. The summed E-state index contributed by atoms with van der Waals surface area (Å²) in [7, 11) is -0.803. The number of hydrogen-bond acceptors (Lipinski definition) is 0. The Bertz CT molecular complexity index is 236. The molecule has 1 fully saturated rings. The molecule has 0 radical (unpaired) electrons. The molecule has 58 valence electrons. The zero-order valence-corrected chi connectivity index (χ0v) is 8.01. The summed E-state index contributed by atoms with van der Waals surface area (Å²) in [4.78, 5) is 0. The number of rotatable bonds is 2. The average molecular weight is 162 g/mol. The lowest BCUT2D eigenvalue weighted by atomic mass is 10.4. The van der Waals surface area contributed by atoms with Gasteiger partial charge in [-0.3, -0.25) is 0 Å². The Morgan fingerprint density at radius 1 is 1.18 bits per heavy atom. The van der Waals surface area contributed by atoms with Gasteiger partial charge < -0.3 is 0 Å². The first kappa shape index (κ1) is 7.11. The lowest BCUT2D eigenvalue weighted by molar-refractivity contribution is 1.42. The topological polar surface area (TPSA) is 0 Å². The maximum absolute atomic E-state index is 2.35. The molecule has 1 aromatic rings. The molecular weight excluding hydrogens is 148 g/mol. The van der Waals surface area contributed by atoms with Crippen LogP contribution in [0.15, 0.2) is 30.3 Å². The van der Waals surface area contributed by atoms with E-state index < -0.39 is 8.07 Å².